The van der Waals surface area contributed by atoms with Gasteiger partial charge in [0.2, 0.25) is 0 Å². The van der Waals surface area contributed by atoms with Gasteiger partial charge in [-0.05, 0) is 18.1 Å². The van der Waals surface area contributed by atoms with Crippen molar-refractivity contribution in [2.24, 2.45) is 5.92 Å². The zero-order valence-corrected chi connectivity index (χ0v) is 11.3. The molecule has 0 N–H and O–H groups in total. The molecule has 1 rings (SSSR count). The number of para-hydroxylation sites is 1. The van der Waals surface area contributed by atoms with E-state index < -0.39 is 0 Å². The van der Waals surface area contributed by atoms with Crippen LogP contribution in [0.4, 0.5) is 5.69 Å². The summed E-state index contributed by atoms with van der Waals surface area (Å²) in [6, 6.07) is 12.4. The molecule has 0 fully saturated rings. The molecule has 0 amide bonds. The molecule has 1 aromatic carbocycles. The van der Waals surface area contributed by atoms with Gasteiger partial charge in [-0.2, -0.15) is 5.26 Å². The highest BCUT2D eigenvalue weighted by Gasteiger charge is 2.05. The third-order valence-corrected chi connectivity index (χ3v) is 2.57. The van der Waals surface area contributed by atoms with Crippen molar-refractivity contribution in [3.8, 4) is 6.07 Å². The van der Waals surface area contributed by atoms with Crippen LogP contribution < -0.4 is 4.90 Å². The van der Waals surface area contributed by atoms with Crippen LogP contribution in [0.5, 0.6) is 0 Å². The van der Waals surface area contributed by atoms with Gasteiger partial charge in [0, 0.05) is 25.4 Å². The lowest BCUT2D eigenvalue weighted by Gasteiger charge is -2.23. The summed E-state index contributed by atoms with van der Waals surface area (Å²) in [5.41, 5.74) is 1.15. The summed E-state index contributed by atoms with van der Waals surface area (Å²) in [6.07, 6.45) is 0.541. The fraction of sp³-hybridized carbons (Fsp3) is 0.533. The van der Waals surface area contributed by atoms with E-state index in [-0.39, 0.29) is 0 Å². The second-order valence-electron chi connectivity index (χ2n) is 4.70. The molecule has 0 saturated carbocycles. The van der Waals surface area contributed by atoms with Gasteiger partial charge in [-0.3, -0.25) is 0 Å². The topological polar surface area (TPSA) is 36.3 Å². The van der Waals surface area contributed by atoms with Crippen LogP contribution in [-0.4, -0.2) is 26.3 Å². The fourth-order valence-corrected chi connectivity index (χ4v) is 1.69. The molecule has 0 spiro atoms. The highest BCUT2D eigenvalue weighted by Crippen LogP contribution is 2.13. The van der Waals surface area contributed by atoms with Crippen molar-refractivity contribution >= 4 is 5.69 Å². The molecule has 18 heavy (non-hydrogen) atoms. The monoisotopic (exact) mass is 246 g/mol. The minimum Gasteiger partial charge on any atom is -0.379 e. The first-order chi connectivity index (χ1) is 8.74. The quantitative estimate of drug-likeness (QED) is 0.661. The Hall–Kier alpha value is -1.53. The van der Waals surface area contributed by atoms with Crippen LogP contribution in [0, 0.1) is 17.2 Å². The summed E-state index contributed by atoms with van der Waals surface area (Å²) in [7, 11) is 0. The largest absolute Gasteiger partial charge is 0.379 e. The Balaban J connectivity index is 2.44. The summed E-state index contributed by atoms with van der Waals surface area (Å²) >= 11 is 0. The molecule has 0 aromatic heterocycles. The minimum absolute atomic E-state index is 0.541. The Morgan fingerprint density at radius 3 is 2.56 bits per heavy atom. The van der Waals surface area contributed by atoms with Crippen molar-refractivity contribution in [3.63, 3.8) is 0 Å². The molecular weight excluding hydrogens is 224 g/mol. The van der Waals surface area contributed by atoms with E-state index in [1.807, 2.05) is 18.2 Å². The first kappa shape index (κ1) is 14.5. The normalized spacial score (nSPS) is 10.3. The summed E-state index contributed by atoms with van der Waals surface area (Å²) in [4.78, 5) is 2.20. The third-order valence-electron chi connectivity index (χ3n) is 2.57. The van der Waals surface area contributed by atoms with E-state index in [1.54, 1.807) is 0 Å². The molecule has 0 radical (unpaired) electrons. The number of benzene rings is 1. The van der Waals surface area contributed by atoms with Gasteiger partial charge in [-0.15, -0.1) is 0 Å². The van der Waals surface area contributed by atoms with Crippen molar-refractivity contribution in [2.45, 2.75) is 20.3 Å². The van der Waals surface area contributed by atoms with E-state index in [9.17, 15) is 0 Å². The Bertz CT molecular complexity index is 357. The van der Waals surface area contributed by atoms with Crippen LogP contribution in [0.15, 0.2) is 30.3 Å². The third kappa shape index (κ3) is 5.70. The number of ether oxygens (including phenoxy) is 1. The number of nitriles is 1. The average molecular weight is 246 g/mol. The second-order valence-corrected chi connectivity index (χ2v) is 4.70. The molecule has 0 heterocycles. The molecule has 3 heteroatoms. The maximum atomic E-state index is 8.70. The van der Waals surface area contributed by atoms with Crippen LogP contribution in [0.3, 0.4) is 0 Å². The van der Waals surface area contributed by atoms with Crippen molar-refractivity contribution in [1.29, 1.82) is 5.26 Å². The van der Waals surface area contributed by atoms with Gasteiger partial charge in [0.1, 0.15) is 0 Å². The smallest absolute Gasteiger partial charge is 0.0641 e. The first-order valence-corrected chi connectivity index (χ1v) is 6.48. The van der Waals surface area contributed by atoms with E-state index in [1.165, 1.54) is 0 Å². The van der Waals surface area contributed by atoms with Gasteiger partial charge >= 0.3 is 0 Å². The highest BCUT2D eigenvalue weighted by atomic mass is 16.5. The zero-order valence-electron chi connectivity index (χ0n) is 11.3. The predicted octanol–water partition coefficient (Wildman–Crippen LogP) is 3.08. The van der Waals surface area contributed by atoms with Gasteiger partial charge in [0.05, 0.1) is 19.1 Å². The van der Waals surface area contributed by atoms with Gasteiger partial charge in [0.25, 0.3) is 0 Å². The van der Waals surface area contributed by atoms with Crippen LogP contribution in [0.25, 0.3) is 0 Å². The maximum absolute atomic E-state index is 8.70. The maximum Gasteiger partial charge on any atom is 0.0641 e. The van der Waals surface area contributed by atoms with Gasteiger partial charge in [-0.1, -0.05) is 32.0 Å². The fourth-order valence-electron chi connectivity index (χ4n) is 1.69. The van der Waals surface area contributed by atoms with Gasteiger partial charge < -0.3 is 9.64 Å². The molecule has 0 atom stereocenters. The van der Waals surface area contributed by atoms with Crippen molar-refractivity contribution in [1.82, 2.24) is 0 Å². The van der Waals surface area contributed by atoms with Crippen LogP contribution >= 0.6 is 0 Å². The van der Waals surface area contributed by atoms with E-state index >= 15 is 0 Å². The number of hydrogen-bond acceptors (Lipinski definition) is 3. The second kappa shape index (κ2) is 8.54. The van der Waals surface area contributed by atoms with E-state index in [2.05, 4.69) is 36.9 Å². The van der Waals surface area contributed by atoms with Crippen LogP contribution in [-0.2, 0) is 4.74 Å². The average Bonchev–Trinajstić information content (AvgIpc) is 2.38. The van der Waals surface area contributed by atoms with Crippen LogP contribution in [0.2, 0.25) is 0 Å². The first-order valence-electron chi connectivity index (χ1n) is 6.48. The van der Waals surface area contributed by atoms with Crippen molar-refractivity contribution < 1.29 is 4.74 Å². The number of anilines is 1. The Labute approximate surface area is 110 Å². The summed E-state index contributed by atoms with van der Waals surface area (Å²) < 4.78 is 5.60. The lowest BCUT2D eigenvalue weighted by molar-refractivity contribution is 0.115. The standard InChI is InChI=1S/C15H22N2O/c1-14(2)13-18-12-11-17(10-6-9-16)15-7-4-3-5-8-15/h3-5,7-8,14H,6,10-13H2,1-2H3. The lowest BCUT2D eigenvalue weighted by atomic mass is 10.2. The highest BCUT2D eigenvalue weighted by molar-refractivity contribution is 5.45. The Morgan fingerprint density at radius 1 is 1.22 bits per heavy atom. The van der Waals surface area contributed by atoms with Gasteiger partial charge in [0.15, 0.2) is 0 Å². The molecule has 98 valence electrons. The van der Waals surface area contributed by atoms with E-state index in [4.69, 9.17) is 10.00 Å². The van der Waals surface area contributed by atoms with Crippen molar-refractivity contribution in [2.75, 3.05) is 31.2 Å². The molecular formula is C15H22N2O. The molecule has 0 aliphatic rings. The minimum atomic E-state index is 0.541. The number of rotatable bonds is 8. The number of nitrogens with zero attached hydrogens (tertiary/aromatic N) is 2. The lowest BCUT2D eigenvalue weighted by Crippen LogP contribution is -2.28. The Kier molecular flexibility index (Phi) is 6.90. The molecule has 0 aliphatic heterocycles. The van der Waals surface area contributed by atoms with E-state index in [0.29, 0.717) is 18.9 Å². The predicted molar refractivity (Wildman–Crippen MR) is 74.5 cm³/mol. The molecule has 3 nitrogen and oxygen atoms in total. The van der Waals surface area contributed by atoms with Crippen molar-refractivity contribution in [3.05, 3.63) is 30.3 Å². The van der Waals surface area contributed by atoms with Crippen LogP contribution in [0.1, 0.15) is 20.3 Å². The van der Waals surface area contributed by atoms with E-state index in [0.717, 1.165) is 25.4 Å². The molecule has 0 bridgehead atoms. The summed E-state index contributed by atoms with van der Waals surface area (Å²) in [5, 5.41) is 8.70. The summed E-state index contributed by atoms with van der Waals surface area (Å²) in [5.74, 6) is 0.564. The zero-order chi connectivity index (χ0) is 13.2. The molecule has 0 aliphatic carbocycles. The molecule has 0 unspecified atom stereocenters. The Morgan fingerprint density at radius 2 is 1.94 bits per heavy atom. The number of hydrogen-bond donors (Lipinski definition) is 0. The molecule has 1 aromatic rings. The molecule has 0 saturated heterocycles. The van der Waals surface area contributed by atoms with Gasteiger partial charge in [-0.25, -0.2) is 0 Å². The summed E-state index contributed by atoms with van der Waals surface area (Å²) in [6.45, 7) is 7.37. The SMILES string of the molecule is CC(C)COCCN(CCC#N)c1ccccc1.